The Morgan fingerprint density at radius 2 is 2.12 bits per heavy atom. The number of pyridine rings is 1. The Hall–Kier alpha value is -2.81. The molecule has 132 valence electrons. The van der Waals surface area contributed by atoms with Crippen LogP contribution in [0.5, 0.6) is 5.75 Å². The molecule has 0 unspecified atom stereocenters. The highest BCUT2D eigenvalue weighted by Crippen LogP contribution is 2.34. The second-order valence-corrected chi connectivity index (χ2v) is 7.03. The maximum absolute atomic E-state index is 12.1. The summed E-state index contributed by atoms with van der Waals surface area (Å²) in [5.74, 6) is 0.159. The van der Waals surface area contributed by atoms with Crippen LogP contribution in [0.15, 0.2) is 48.8 Å². The van der Waals surface area contributed by atoms with E-state index in [1.54, 1.807) is 49.5 Å². The largest absolute Gasteiger partial charge is 0.479 e. The molecule has 0 saturated carbocycles. The van der Waals surface area contributed by atoms with Gasteiger partial charge in [-0.3, -0.25) is 14.5 Å². The van der Waals surface area contributed by atoms with E-state index in [-0.39, 0.29) is 19.0 Å². The molecule has 1 amide bonds. The molecule has 2 heterocycles. The van der Waals surface area contributed by atoms with Crippen molar-refractivity contribution in [2.75, 3.05) is 22.1 Å². The van der Waals surface area contributed by atoms with E-state index in [4.69, 9.17) is 4.74 Å². The van der Waals surface area contributed by atoms with Crippen molar-refractivity contribution in [2.24, 2.45) is 0 Å². The molecule has 0 spiro atoms. The highest BCUT2D eigenvalue weighted by molar-refractivity contribution is 7.94. The van der Waals surface area contributed by atoms with Crippen LogP contribution in [0.25, 0.3) is 0 Å². The third-order valence-electron chi connectivity index (χ3n) is 3.63. The zero-order chi connectivity index (χ0) is 17.9. The molecule has 0 fully saturated rings. The first-order valence-electron chi connectivity index (χ1n) is 7.71. The number of benzene rings is 1. The topological polar surface area (TPSA) is 101 Å². The summed E-state index contributed by atoms with van der Waals surface area (Å²) in [6.45, 7) is 1.90. The van der Waals surface area contributed by atoms with Gasteiger partial charge in [-0.15, -0.1) is 0 Å². The van der Waals surface area contributed by atoms with Crippen molar-refractivity contribution in [3.05, 3.63) is 48.8 Å². The van der Waals surface area contributed by atoms with Gasteiger partial charge in [0.1, 0.15) is 5.75 Å². The third kappa shape index (κ3) is 3.82. The number of hydrogen-bond donors (Lipinski definition) is 2. The summed E-state index contributed by atoms with van der Waals surface area (Å²) in [5.41, 5.74) is 1.10. The highest BCUT2D eigenvalue weighted by atomic mass is 32.2. The van der Waals surface area contributed by atoms with Crippen molar-refractivity contribution in [3.8, 4) is 5.75 Å². The summed E-state index contributed by atoms with van der Waals surface area (Å²) >= 11 is 0. The number of amides is 1. The maximum atomic E-state index is 12.1. The number of fused-ring (bicyclic) bond motifs is 1. The smallest absolute Gasteiger partial charge is 0.324 e. The zero-order valence-electron chi connectivity index (χ0n) is 13.5. The van der Waals surface area contributed by atoms with Crippen LogP contribution in [0.1, 0.15) is 6.92 Å². The fourth-order valence-corrected chi connectivity index (χ4v) is 3.75. The molecule has 2 N–H and O–H groups in total. The Bertz CT molecular complexity index is 857. The van der Waals surface area contributed by atoms with Gasteiger partial charge in [0.05, 0.1) is 24.1 Å². The molecule has 1 aliphatic heterocycles. The van der Waals surface area contributed by atoms with Crippen LogP contribution in [0, 0.1) is 0 Å². The molecule has 0 radical (unpaired) electrons. The second-order valence-electron chi connectivity index (χ2n) is 5.44. The minimum Gasteiger partial charge on any atom is -0.479 e. The molecule has 2 aromatic rings. The van der Waals surface area contributed by atoms with Gasteiger partial charge in [-0.25, -0.2) is 4.31 Å². The summed E-state index contributed by atoms with van der Waals surface area (Å²) < 4.78 is 33.5. The number of hydrogen-bond acceptors (Lipinski definition) is 5. The lowest BCUT2D eigenvalue weighted by atomic mass is 10.2. The fraction of sp³-hybridized carbons (Fsp3) is 0.250. The van der Waals surface area contributed by atoms with E-state index >= 15 is 0 Å². The molecule has 1 aromatic heterocycles. The number of para-hydroxylation sites is 2. The van der Waals surface area contributed by atoms with Crippen LogP contribution >= 0.6 is 0 Å². The molecule has 1 aromatic carbocycles. The lowest BCUT2D eigenvalue weighted by Crippen LogP contribution is -2.42. The summed E-state index contributed by atoms with van der Waals surface area (Å²) in [5, 5.41) is 2.68. The van der Waals surface area contributed by atoms with Crippen LogP contribution in [0.4, 0.5) is 11.4 Å². The first-order chi connectivity index (χ1) is 12.0. The Morgan fingerprint density at radius 3 is 2.88 bits per heavy atom. The lowest BCUT2D eigenvalue weighted by Gasteiger charge is -2.18. The van der Waals surface area contributed by atoms with Gasteiger partial charge < -0.3 is 10.1 Å². The van der Waals surface area contributed by atoms with E-state index in [0.717, 1.165) is 0 Å². The van der Waals surface area contributed by atoms with Gasteiger partial charge in [-0.05, 0) is 31.2 Å². The number of ether oxygens (including phenoxy) is 1. The lowest BCUT2D eigenvalue weighted by molar-refractivity contribution is -0.127. The third-order valence-corrected chi connectivity index (χ3v) is 5.07. The minimum atomic E-state index is -3.62. The average molecular weight is 362 g/mol. The van der Waals surface area contributed by atoms with Crippen molar-refractivity contribution in [2.45, 2.75) is 13.0 Å². The van der Waals surface area contributed by atoms with Gasteiger partial charge in [-0.1, -0.05) is 12.1 Å². The number of carbonyl (C=O) groups is 1. The first kappa shape index (κ1) is 17.0. The quantitative estimate of drug-likeness (QED) is 0.803. The number of anilines is 2. The van der Waals surface area contributed by atoms with E-state index in [1.807, 2.05) is 0 Å². The molecular formula is C16H18N4O4S. The average Bonchev–Trinajstić information content (AvgIpc) is 2.85. The molecule has 8 nitrogen and oxygen atoms in total. The van der Waals surface area contributed by atoms with Crippen molar-refractivity contribution >= 4 is 27.5 Å². The van der Waals surface area contributed by atoms with E-state index < -0.39 is 16.3 Å². The Balaban J connectivity index is 1.55. The molecule has 0 bridgehead atoms. The second kappa shape index (κ2) is 6.98. The molecule has 0 saturated heterocycles. The van der Waals surface area contributed by atoms with E-state index in [2.05, 4.69) is 15.0 Å². The molecule has 1 aliphatic rings. The number of aromatic nitrogens is 1. The predicted molar refractivity (Wildman–Crippen MR) is 93.7 cm³/mol. The monoisotopic (exact) mass is 362 g/mol. The van der Waals surface area contributed by atoms with E-state index in [0.29, 0.717) is 17.1 Å². The number of carbonyl (C=O) groups excluding carboxylic acids is 1. The van der Waals surface area contributed by atoms with Gasteiger partial charge in [0.15, 0.2) is 6.10 Å². The molecule has 1 atom stereocenters. The highest BCUT2D eigenvalue weighted by Gasteiger charge is 2.31. The summed E-state index contributed by atoms with van der Waals surface area (Å²) in [6, 6.07) is 10.3. The van der Waals surface area contributed by atoms with Gasteiger partial charge in [0.25, 0.3) is 5.91 Å². The van der Waals surface area contributed by atoms with Crippen LogP contribution in [0.2, 0.25) is 0 Å². The predicted octanol–water partition coefficient (Wildman–Crippen LogP) is 1.14. The van der Waals surface area contributed by atoms with E-state index in [9.17, 15) is 13.2 Å². The number of nitrogens with one attached hydrogen (secondary N) is 2. The van der Waals surface area contributed by atoms with Crippen LogP contribution in [0.3, 0.4) is 0 Å². The van der Waals surface area contributed by atoms with Gasteiger partial charge in [0, 0.05) is 12.7 Å². The van der Waals surface area contributed by atoms with Crippen molar-refractivity contribution in [3.63, 3.8) is 0 Å². The van der Waals surface area contributed by atoms with Crippen molar-refractivity contribution in [1.82, 2.24) is 10.3 Å². The molecule has 9 heteroatoms. The van der Waals surface area contributed by atoms with Crippen LogP contribution in [-0.2, 0) is 15.0 Å². The summed E-state index contributed by atoms with van der Waals surface area (Å²) in [6.07, 6.45) is 2.41. The maximum Gasteiger partial charge on any atom is 0.324 e. The number of nitrogens with zero attached hydrogens (tertiary/aromatic N) is 2. The van der Waals surface area contributed by atoms with Gasteiger partial charge in [-0.2, -0.15) is 8.42 Å². The molecular weight excluding hydrogens is 344 g/mol. The SMILES string of the molecule is C[C@H](Oc1cccnc1)C(=O)NCCN1c2ccccc2NS1(=O)=O. The normalized spacial score (nSPS) is 15.8. The molecule has 3 rings (SSSR count). The summed E-state index contributed by atoms with van der Waals surface area (Å²) in [4.78, 5) is 16.0. The van der Waals surface area contributed by atoms with E-state index in [1.165, 1.54) is 10.5 Å². The van der Waals surface area contributed by atoms with Crippen molar-refractivity contribution in [1.29, 1.82) is 0 Å². The van der Waals surface area contributed by atoms with Crippen molar-refractivity contribution < 1.29 is 17.9 Å². The molecule has 0 aliphatic carbocycles. The first-order valence-corrected chi connectivity index (χ1v) is 9.15. The standard InChI is InChI=1S/C16H18N4O4S/c1-12(24-13-5-4-8-17-11-13)16(21)18-9-10-20-15-7-3-2-6-14(15)19-25(20,22)23/h2-8,11-12,19H,9-10H2,1H3,(H,18,21)/t12-/m0/s1. The summed E-state index contributed by atoms with van der Waals surface area (Å²) in [7, 11) is -3.62. The minimum absolute atomic E-state index is 0.123. The van der Waals surface area contributed by atoms with Gasteiger partial charge >= 0.3 is 10.2 Å². The van der Waals surface area contributed by atoms with Crippen LogP contribution in [-0.4, -0.2) is 38.5 Å². The number of rotatable bonds is 6. The molecule has 25 heavy (non-hydrogen) atoms. The van der Waals surface area contributed by atoms with Gasteiger partial charge in [0.2, 0.25) is 0 Å². The van der Waals surface area contributed by atoms with Crippen LogP contribution < -0.4 is 19.1 Å². The Labute approximate surface area is 146 Å². The Morgan fingerprint density at radius 1 is 1.32 bits per heavy atom. The fourth-order valence-electron chi connectivity index (χ4n) is 2.44. The Kier molecular flexibility index (Phi) is 4.75. The zero-order valence-corrected chi connectivity index (χ0v) is 14.4.